The summed E-state index contributed by atoms with van der Waals surface area (Å²) in [5.74, 6) is -0.150. The molecular formula is C30H36N2O2. The fourth-order valence-electron chi connectivity index (χ4n) is 4.00. The number of hydrogen-bond acceptors (Lipinski definition) is 2. The molecule has 2 amide bonds. The van der Waals surface area contributed by atoms with E-state index in [1.807, 2.05) is 74.5 Å². The number of hydrogen-bond donors (Lipinski definition) is 1. The summed E-state index contributed by atoms with van der Waals surface area (Å²) in [6.45, 7) is 9.18. The summed E-state index contributed by atoms with van der Waals surface area (Å²) in [7, 11) is 0. The minimum Gasteiger partial charge on any atom is -0.354 e. The molecule has 0 unspecified atom stereocenters. The standard InChI is InChI=1S/C30H36N2O2/c1-5-17-31-30(34)28(19-25-9-7-6-8-10-25)32(21-26-14-11-22(2)12-15-26)29(33)20-27-16-13-23(3)24(4)18-27/h6-16,18,28H,5,17,19-21H2,1-4H3,(H,31,34)/t28-/m1/s1. The fourth-order valence-corrected chi connectivity index (χ4v) is 4.00. The Hall–Kier alpha value is -3.40. The van der Waals surface area contributed by atoms with Crippen LogP contribution in [-0.4, -0.2) is 29.3 Å². The third-order valence-electron chi connectivity index (χ3n) is 6.22. The lowest BCUT2D eigenvalue weighted by atomic mass is 10.00. The molecule has 0 saturated heterocycles. The van der Waals surface area contributed by atoms with Gasteiger partial charge >= 0.3 is 0 Å². The van der Waals surface area contributed by atoms with Crippen LogP contribution in [0.3, 0.4) is 0 Å². The van der Waals surface area contributed by atoms with Crippen LogP contribution in [0.15, 0.2) is 72.8 Å². The van der Waals surface area contributed by atoms with Gasteiger partial charge in [-0.3, -0.25) is 9.59 Å². The van der Waals surface area contributed by atoms with Crippen LogP contribution in [0.5, 0.6) is 0 Å². The van der Waals surface area contributed by atoms with Crippen molar-refractivity contribution in [3.05, 3.63) is 106 Å². The smallest absolute Gasteiger partial charge is 0.243 e. The third kappa shape index (κ3) is 7.05. The Labute approximate surface area is 204 Å². The van der Waals surface area contributed by atoms with E-state index in [-0.39, 0.29) is 18.2 Å². The molecule has 0 radical (unpaired) electrons. The van der Waals surface area contributed by atoms with Crippen LogP contribution in [0.2, 0.25) is 0 Å². The maximum absolute atomic E-state index is 13.7. The van der Waals surface area contributed by atoms with Gasteiger partial charge in [-0.15, -0.1) is 0 Å². The minimum atomic E-state index is -0.589. The number of benzene rings is 3. The number of amides is 2. The van der Waals surface area contributed by atoms with E-state index >= 15 is 0 Å². The van der Waals surface area contributed by atoms with Crippen LogP contribution in [-0.2, 0) is 29.0 Å². The van der Waals surface area contributed by atoms with Crippen molar-refractivity contribution < 1.29 is 9.59 Å². The van der Waals surface area contributed by atoms with Gasteiger partial charge in [0.25, 0.3) is 0 Å². The van der Waals surface area contributed by atoms with Crippen molar-refractivity contribution in [1.82, 2.24) is 10.2 Å². The van der Waals surface area contributed by atoms with Crippen molar-refractivity contribution in [3.8, 4) is 0 Å². The normalized spacial score (nSPS) is 11.6. The van der Waals surface area contributed by atoms with Gasteiger partial charge < -0.3 is 10.2 Å². The lowest BCUT2D eigenvalue weighted by Crippen LogP contribution is -2.51. The first-order valence-electron chi connectivity index (χ1n) is 12.1. The Morgan fingerprint density at radius 3 is 2.15 bits per heavy atom. The Kier molecular flexibility index (Phi) is 9.03. The van der Waals surface area contributed by atoms with Crippen LogP contribution in [0, 0.1) is 20.8 Å². The lowest BCUT2D eigenvalue weighted by molar-refractivity contribution is -0.140. The minimum absolute atomic E-state index is 0.0450. The first kappa shape index (κ1) is 25.2. The monoisotopic (exact) mass is 456 g/mol. The Morgan fingerprint density at radius 2 is 1.50 bits per heavy atom. The van der Waals surface area contributed by atoms with Gasteiger partial charge in [-0.25, -0.2) is 0 Å². The van der Waals surface area contributed by atoms with Crippen molar-refractivity contribution >= 4 is 11.8 Å². The predicted molar refractivity (Wildman–Crippen MR) is 139 cm³/mol. The van der Waals surface area contributed by atoms with Crippen LogP contribution < -0.4 is 5.32 Å². The number of aryl methyl sites for hydroxylation is 3. The molecule has 4 heteroatoms. The highest BCUT2D eigenvalue weighted by atomic mass is 16.2. The largest absolute Gasteiger partial charge is 0.354 e. The zero-order chi connectivity index (χ0) is 24.5. The summed E-state index contributed by atoms with van der Waals surface area (Å²) >= 11 is 0. The Morgan fingerprint density at radius 1 is 0.824 bits per heavy atom. The second-order valence-electron chi connectivity index (χ2n) is 9.10. The van der Waals surface area contributed by atoms with E-state index in [0.717, 1.165) is 28.7 Å². The van der Waals surface area contributed by atoms with E-state index in [9.17, 15) is 9.59 Å². The van der Waals surface area contributed by atoms with Gasteiger partial charge in [0.1, 0.15) is 6.04 Å². The molecule has 1 atom stereocenters. The number of carbonyl (C=O) groups excluding carboxylic acids is 2. The Bertz CT molecular complexity index is 1090. The molecule has 4 nitrogen and oxygen atoms in total. The van der Waals surface area contributed by atoms with E-state index in [2.05, 4.69) is 31.3 Å². The summed E-state index contributed by atoms with van der Waals surface area (Å²) in [4.78, 5) is 28.8. The Balaban J connectivity index is 1.95. The van der Waals surface area contributed by atoms with Gasteiger partial charge in [-0.1, -0.05) is 85.3 Å². The van der Waals surface area contributed by atoms with Gasteiger partial charge in [-0.2, -0.15) is 0 Å². The number of nitrogens with zero attached hydrogens (tertiary/aromatic N) is 1. The van der Waals surface area contributed by atoms with Crippen LogP contribution in [0.25, 0.3) is 0 Å². The molecule has 0 bridgehead atoms. The summed E-state index contributed by atoms with van der Waals surface area (Å²) in [6.07, 6.45) is 1.58. The third-order valence-corrected chi connectivity index (χ3v) is 6.22. The van der Waals surface area contributed by atoms with Crippen molar-refractivity contribution in [1.29, 1.82) is 0 Å². The van der Waals surface area contributed by atoms with E-state index < -0.39 is 6.04 Å². The van der Waals surface area contributed by atoms with E-state index in [1.54, 1.807) is 4.90 Å². The SMILES string of the molecule is CCCNC(=O)[C@@H](Cc1ccccc1)N(Cc1ccc(C)cc1)C(=O)Cc1ccc(C)c(C)c1. The summed E-state index contributed by atoms with van der Waals surface area (Å²) < 4.78 is 0. The van der Waals surface area contributed by atoms with E-state index in [0.29, 0.717) is 19.5 Å². The first-order chi connectivity index (χ1) is 16.4. The number of carbonyl (C=O) groups is 2. The highest BCUT2D eigenvalue weighted by Gasteiger charge is 2.30. The van der Waals surface area contributed by atoms with Gasteiger partial charge in [0.15, 0.2) is 0 Å². The van der Waals surface area contributed by atoms with Crippen LogP contribution in [0.4, 0.5) is 0 Å². The molecule has 0 aromatic heterocycles. The maximum atomic E-state index is 13.7. The van der Waals surface area contributed by atoms with Crippen molar-refractivity contribution in [3.63, 3.8) is 0 Å². The lowest BCUT2D eigenvalue weighted by Gasteiger charge is -2.32. The maximum Gasteiger partial charge on any atom is 0.243 e. The summed E-state index contributed by atoms with van der Waals surface area (Å²) in [6, 6.07) is 23.6. The molecule has 0 aliphatic rings. The van der Waals surface area contributed by atoms with Crippen molar-refractivity contribution in [2.45, 2.75) is 59.5 Å². The van der Waals surface area contributed by atoms with Gasteiger partial charge in [0.05, 0.1) is 6.42 Å². The molecular weight excluding hydrogens is 420 g/mol. The van der Waals surface area contributed by atoms with Gasteiger partial charge in [-0.05, 0) is 55.0 Å². The van der Waals surface area contributed by atoms with Crippen LogP contribution >= 0.6 is 0 Å². The summed E-state index contributed by atoms with van der Waals surface area (Å²) in [5.41, 5.74) is 6.55. The molecule has 0 spiro atoms. The number of nitrogens with one attached hydrogen (secondary N) is 1. The molecule has 3 aromatic rings. The zero-order valence-corrected chi connectivity index (χ0v) is 20.8. The molecule has 0 aliphatic heterocycles. The van der Waals surface area contributed by atoms with Crippen molar-refractivity contribution in [2.24, 2.45) is 0 Å². The molecule has 0 aliphatic carbocycles. The van der Waals surface area contributed by atoms with E-state index in [1.165, 1.54) is 11.1 Å². The molecule has 0 heterocycles. The molecule has 3 rings (SSSR count). The molecule has 178 valence electrons. The molecule has 1 N–H and O–H groups in total. The second-order valence-corrected chi connectivity index (χ2v) is 9.10. The second kappa shape index (κ2) is 12.2. The first-order valence-corrected chi connectivity index (χ1v) is 12.1. The van der Waals surface area contributed by atoms with Crippen LogP contribution in [0.1, 0.15) is 46.7 Å². The van der Waals surface area contributed by atoms with E-state index in [4.69, 9.17) is 0 Å². The zero-order valence-electron chi connectivity index (χ0n) is 20.8. The highest BCUT2D eigenvalue weighted by Crippen LogP contribution is 2.18. The van der Waals surface area contributed by atoms with Gasteiger partial charge in [0, 0.05) is 19.5 Å². The molecule has 0 saturated carbocycles. The van der Waals surface area contributed by atoms with Crippen molar-refractivity contribution in [2.75, 3.05) is 6.54 Å². The fraction of sp³-hybridized carbons (Fsp3) is 0.333. The summed E-state index contributed by atoms with van der Waals surface area (Å²) in [5, 5.41) is 3.03. The molecule has 3 aromatic carbocycles. The average molecular weight is 457 g/mol. The molecule has 34 heavy (non-hydrogen) atoms. The molecule has 0 fully saturated rings. The quantitative estimate of drug-likeness (QED) is 0.449. The topological polar surface area (TPSA) is 49.4 Å². The van der Waals surface area contributed by atoms with Gasteiger partial charge in [0.2, 0.25) is 11.8 Å². The highest BCUT2D eigenvalue weighted by molar-refractivity contribution is 5.88. The predicted octanol–water partition coefficient (Wildman–Crippen LogP) is 5.32. The number of rotatable bonds is 10. The average Bonchev–Trinajstić information content (AvgIpc) is 2.84.